The number of carbonyl (C=O) groups excluding carboxylic acids is 2. The third kappa shape index (κ3) is 3.60. The smallest absolute Gasteiger partial charge is 0.301 e. The molecule has 1 aromatic heterocycles. The fourth-order valence-electron chi connectivity index (χ4n) is 3.88. The van der Waals surface area contributed by atoms with Crippen LogP contribution in [0.15, 0.2) is 72.3 Å². The Morgan fingerprint density at radius 3 is 2.35 bits per heavy atom. The zero-order chi connectivity index (χ0) is 24.0. The third-order valence-electron chi connectivity index (χ3n) is 5.54. The first-order valence-electron chi connectivity index (χ1n) is 10.1. The number of halogens is 2. The number of thiazole rings is 1. The van der Waals surface area contributed by atoms with Crippen LogP contribution in [0.4, 0.5) is 13.9 Å². The van der Waals surface area contributed by atoms with E-state index in [4.69, 9.17) is 4.74 Å². The van der Waals surface area contributed by atoms with Crippen molar-refractivity contribution in [3.8, 4) is 5.75 Å². The van der Waals surface area contributed by atoms with E-state index >= 15 is 0 Å². The normalized spacial score (nSPS) is 17.5. The van der Waals surface area contributed by atoms with Crippen LogP contribution in [0.1, 0.15) is 17.2 Å². The van der Waals surface area contributed by atoms with E-state index in [1.54, 1.807) is 24.3 Å². The number of aromatic nitrogens is 1. The van der Waals surface area contributed by atoms with Crippen LogP contribution in [0, 0.1) is 11.6 Å². The summed E-state index contributed by atoms with van der Waals surface area (Å²) in [4.78, 5) is 31.9. The van der Waals surface area contributed by atoms with Gasteiger partial charge in [0.25, 0.3) is 5.78 Å². The Hall–Kier alpha value is -4.11. The molecule has 3 aromatic carbocycles. The van der Waals surface area contributed by atoms with Gasteiger partial charge in [-0.1, -0.05) is 23.5 Å². The van der Waals surface area contributed by atoms with E-state index in [1.165, 1.54) is 49.6 Å². The molecule has 4 aromatic rings. The lowest BCUT2D eigenvalue weighted by Crippen LogP contribution is -2.29. The predicted molar refractivity (Wildman–Crippen MR) is 124 cm³/mol. The lowest BCUT2D eigenvalue weighted by Gasteiger charge is -2.23. The van der Waals surface area contributed by atoms with Gasteiger partial charge in [-0.05, 0) is 60.2 Å². The van der Waals surface area contributed by atoms with E-state index in [1.807, 2.05) is 0 Å². The molecule has 5 rings (SSSR count). The number of methoxy groups -OCH3 is 1. The number of Topliss-reactive ketones (excluding diaryl/α,β-unsaturated/α-hetero) is 1. The lowest BCUT2D eigenvalue weighted by molar-refractivity contribution is -0.132. The van der Waals surface area contributed by atoms with E-state index < -0.39 is 29.4 Å². The zero-order valence-corrected chi connectivity index (χ0v) is 18.5. The van der Waals surface area contributed by atoms with Crippen LogP contribution < -0.4 is 9.64 Å². The fourth-order valence-corrected chi connectivity index (χ4v) is 4.90. The van der Waals surface area contributed by atoms with Crippen molar-refractivity contribution < 1.29 is 28.2 Å². The van der Waals surface area contributed by atoms with Crippen LogP contribution in [0.3, 0.4) is 0 Å². The van der Waals surface area contributed by atoms with Crippen LogP contribution in [0.25, 0.3) is 16.0 Å². The zero-order valence-electron chi connectivity index (χ0n) is 17.7. The first kappa shape index (κ1) is 21.7. The lowest BCUT2D eigenvalue weighted by atomic mass is 9.95. The molecule has 9 heteroatoms. The monoisotopic (exact) mass is 478 g/mol. The van der Waals surface area contributed by atoms with E-state index in [0.717, 1.165) is 16.2 Å². The summed E-state index contributed by atoms with van der Waals surface area (Å²) in [7, 11) is 1.50. The highest BCUT2D eigenvalue weighted by molar-refractivity contribution is 7.22. The Morgan fingerprint density at radius 2 is 1.68 bits per heavy atom. The summed E-state index contributed by atoms with van der Waals surface area (Å²) in [6.07, 6.45) is 0. The molecule has 6 nitrogen and oxygen atoms in total. The van der Waals surface area contributed by atoms with Crippen LogP contribution in [0.2, 0.25) is 0 Å². The minimum Gasteiger partial charge on any atom is -0.507 e. The van der Waals surface area contributed by atoms with Crippen molar-refractivity contribution >= 4 is 44.1 Å². The van der Waals surface area contributed by atoms with Gasteiger partial charge in [-0.2, -0.15) is 0 Å². The molecule has 1 saturated heterocycles. The molecular weight excluding hydrogens is 462 g/mol. The number of fused-ring (bicyclic) bond motifs is 1. The molecule has 34 heavy (non-hydrogen) atoms. The van der Waals surface area contributed by atoms with E-state index in [9.17, 15) is 23.5 Å². The van der Waals surface area contributed by atoms with Gasteiger partial charge in [-0.15, -0.1) is 0 Å². The number of nitrogens with zero attached hydrogens (tertiary/aromatic N) is 2. The SMILES string of the molecule is COc1ccc(/C(O)=C2\C(=O)C(=O)N(c3nc4ccc(F)cc4s3)[C@@H]2c2ccc(F)cc2)cc1. The van der Waals surface area contributed by atoms with Crippen molar-refractivity contribution in [3.05, 3.63) is 95.1 Å². The van der Waals surface area contributed by atoms with Crippen molar-refractivity contribution in [3.63, 3.8) is 0 Å². The summed E-state index contributed by atoms with van der Waals surface area (Å²) in [5, 5.41) is 11.3. The second-order valence-electron chi connectivity index (χ2n) is 7.56. The molecule has 1 N–H and O–H groups in total. The Balaban J connectivity index is 1.71. The van der Waals surface area contributed by atoms with Crippen molar-refractivity contribution in [2.75, 3.05) is 12.0 Å². The van der Waals surface area contributed by atoms with E-state index in [0.29, 0.717) is 27.1 Å². The molecule has 1 aliphatic rings. The topological polar surface area (TPSA) is 79.7 Å². The van der Waals surface area contributed by atoms with Gasteiger partial charge in [0.05, 0.1) is 28.9 Å². The highest BCUT2D eigenvalue weighted by Gasteiger charge is 2.48. The number of amides is 1. The predicted octanol–water partition coefficient (Wildman–Crippen LogP) is 5.21. The van der Waals surface area contributed by atoms with Gasteiger partial charge in [0, 0.05) is 5.56 Å². The molecular formula is C25H16F2N2O4S. The fraction of sp³-hybridized carbons (Fsp3) is 0.0800. The Kier molecular flexibility index (Phi) is 5.33. The number of hydrogen-bond donors (Lipinski definition) is 1. The minimum atomic E-state index is -1.06. The van der Waals surface area contributed by atoms with Crippen LogP contribution in [0.5, 0.6) is 5.75 Å². The maximum absolute atomic E-state index is 13.7. The Morgan fingerprint density at radius 1 is 1.00 bits per heavy atom. The highest BCUT2D eigenvalue weighted by Crippen LogP contribution is 2.44. The molecule has 0 radical (unpaired) electrons. The number of rotatable bonds is 4. The average Bonchev–Trinajstić information content (AvgIpc) is 3.37. The molecule has 1 fully saturated rings. The Labute approximate surface area is 196 Å². The van der Waals surface area contributed by atoms with Gasteiger partial charge in [-0.25, -0.2) is 13.8 Å². The number of carbonyl (C=O) groups is 2. The number of aliphatic hydroxyl groups is 1. The maximum Gasteiger partial charge on any atom is 0.301 e. The van der Waals surface area contributed by atoms with Crippen LogP contribution in [-0.4, -0.2) is 28.9 Å². The molecule has 0 spiro atoms. The van der Waals surface area contributed by atoms with Crippen LogP contribution in [-0.2, 0) is 9.59 Å². The van der Waals surface area contributed by atoms with Gasteiger partial charge in [0.2, 0.25) is 0 Å². The summed E-state index contributed by atoms with van der Waals surface area (Å²) in [6.45, 7) is 0. The summed E-state index contributed by atoms with van der Waals surface area (Å²) in [5.41, 5.74) is 1.00. The maximum atomic E-state index is 13.7. The number of benzene rings is 3. The summed E-state index contributed by atoms with van der Waals surface area (Å²) >= 11 is 1.04. The van der Waals surface area contributed by atoms with Gasteiger partial charge in [-0.3, -0.25) is 14.5 Å². The molecule has 1 amide bonds. The number of aliphatic hydroxyl groups excluding tert-OH is 1. The molecule has 0 unspecified atom stereocenters. The largest absolute Gasteiger partial charge is 0.507 e. The first-order valence-corrected chi connectivity index (χ1v) is 11.0. The van der Waals surface area contributed by atoms with Crippen molar-refractivity contribution in [2.45, 2.75) is 6.04 Å². The molecule has 0 bridgehead atoms. The van der Waals surface area contributed by atoms with E-state index in [2.05, 4.69) is 4.98 Å². The Bertz CT molecular complexity index is 1460. The van der Waals surface area contributed by atoms with Gasteiger partial charge in [0.15, 0.2) is 5.13 Å². The first-order chi connectivity index (χ1) is 16.4. The van der Waals surface area contributed by atoms with Crippen molar-refractivity contribution in [2.24, 2.45) is 0 Å². The van der Waals surface area contributed by atoms with Gasteiger partial charge < -0.3 is 9.84 Å². The van der Waals surface area contributed by atoms with E-state index in [-0.39, 0.29) is 16.5 Å². The average molecular weight is 478 g/mol. The van der Waals surface area contributed by atoms with Crippen molar-refractivity contribution in [1.82, 2.24) is 4.98 Å². The van der Waals surface area contributed by atoms with Crippen molar-refractivity contribution in [1.29, 1.82) is 0 Å². The number of hydrogen-bond acceptors (Lipinski definition) is 6. The molecule has 170 valence electrons. The molecule has 0 saturated carbocycles. The third-order valence-corrected chi connectivity index (χ3v) is 6.56. The minimum absolute atomic E-state index is 0.158. The van der Waals surface area contributed by atoms with Gasteiger partial charge in [0.1, 0.15) is 23.1 Å². The second kappa shape index (κ2) is 8.35. The second-order valence-corrected chi connectivity index (χ2v) is 8.57. The quantitative estimate of drug-likeness (QED) is 0.248. The summed E-state index contributed by atoms with van der Waals surface area (Å²) < 4.78 is 33.0. The van der Waals surface area contributed by atoms with Crippen LogP contribution >= 0.6 is 11.3 Å². The summed E-state index contributed by atoms with van der Waals surface area (Å²) in [6, 6.07) is 14.6. The molecule has 0 aliphatic carbocycles. The standard InChI is InChI=1S/C25H16F2N2O4S/c1-33-17-9-4-14(5-10-17)22(30)20-21(13-2-6-15(26)7-3-13)29(24(32)23(20)31)25-28-18-11-8-16(27)12-19(18)34-25/h2-12,21,30H,1H3/b22-20+/t21-/m1/s1. The number of anilines is 1. The molecule has 2 heterocycles. The highest BCUT2D eigenvalue weighted by atomic mass is 32.1. The number of ether oxygens (including phenoxy) is 1. The van der Waals surface area contributed by atoms with Gasteiger partial charge >= 0.3 is 5.91 Å². The number of ketones is 1. The molecule has 1 atom stereocenters. The molecule has 1 aliphatic heterocycles. The summed E-state index contributed by atoms with van der Waals surface area (Å²) in [5.74, 6) is -2.60.